The van der Waals surface area contributed by atoms with Crippen LogP contribution in [0.1, 0.15) is 6.92 Å². The summed E-state index contributed by atoms with van der Waals surface area (Å²) in [6, 6.07) is 7.61. The van der Waals surface area contributed by atoms with E-state index in [2.05, 4.69) is 14.9 Å². The van der Waals surface area contributed by atoms with Crippen LogP contribution >= 0.6 is 0 Å². The molecule has 6 nitrogen and oxygen atoms in total. The maximum absolute atomic E-state index is 11.2. The molecule has 0 aromatic heterocycles. The standard InChI is InChI=1S/C14H23N3O3S/c1-12(16-21(2,18)19)11-20-14-6-4-3-5-13(14)17-9-7-15-8-10-17/h3-6,12,15-16H,7-11H2,1-2H3/t12-/m1/s1. The highest BCUT2D eigenvalue weighted by molar-refractivity contribution is 7.88. The second-order valence-electron chi connectivity index (χ2n) is 5.31. The third-order valence-corrected chi connectivity index (χ3v) is 4.06. The monoisotopic (exact) mass is 313 g/mol. The molecule has 0 saturated carbocycles. The smallest absolute Gasteiger partial charge is 0.209 e. The van der Waals surface area contributed by atoms with Gasteiger partial charge in [0.25, 0.3) is 0 Å². The van der Waals surface area contributed by atoms with E-state index in [9.17, 15) is 8.42 Å². The lowest BCUT2D eigenvalue weighted by molar-refractivity contribution is 0.287. The van der Waals surface area contributed by atoms with Gasteiger partial charge in [-0.15, -0.1) is 0 Å². The van der Waals surface area contributed by atoms with Gasteiger partial charge in [-0.3, -0.25) is 0 Å². The van der Waals surface area contributed by atoms with Gasteiger partial charge in [-0.25, -0.2) is 13.1 Å². The Labute approximate surface area is 126 Å². The van der Waals surface area contributed by atoms with Gasteiger partial charge in [-0.2, -0.15) is 0 Å². The molecule has 0 bridgehead atoms. The third-order valence-electron chi connectivity index (χ3n) is 3.23. The molecular formula is C14H23N3O3S. The van der Waals surface area contributed by atoms with Crippen molar-refractivity contribution in [2.24, 2.45) is 0 Å². The molecule has 0 aliphatic carbocycles. The number of hydrogen-bond donors (Lipinski definition) is 2. The Bertz CT molecular complexity index is 556. The molecule has 1 aromatic carbocycles. The topological polar surface area (TPSA) is 70.7 Å². The molecule has 0 spiro atoms. The minimum Gasteiger partial charge on any atom is -0.490 e. The minimum atomic E-state index is -3.21. The second-order valence-corrected chi connectivity index (χ2v) is 7.09. The first kappa shape index (κ1) is 16.1. The molecule has 1 aliphatic rings. The fraction of sp³-hybridized carbons (Fsp3) is 0.571. The van der Waals surface area contributed by atoms with E-state index in [0.29, 0.717) is 6.61 Å². The summed E-state index contributed by atoms with van der Waals surface area (Å²) in [5.74, 6) is 0.793. The number of nitrogens with zero attached hydrogens (tertiary/aromatic N) is 1. The third kappa shape index (κ3) is 5.18. The summed E-state index contributed by atoms with van der Waals surface area (Å²) in [7, 11) is -3.21. The van der Waals surface area contributed by atoms with Gasteiger partial charge in [0.1, 0.15) is 12.4 Å². The highest BCUT2D eigenvalue weighted by atomic mass is 32.2. The van der Waals surface area contributed by atoms with Crippen LogP contribution in [0.3, 0.4) is 0 Å². The average Bonchev–Trinajstić information content (AvgIpc) is 2.45. The van der Waals surface area contributed by atoms with Crippen molar-refractivity contribution in [1.82, 2.24) is 10.0 Å². The molecule has 2 N–H and O–H groups in total. The van der Waals surface area contributed by atoms with Crippen molar-refractivity contribution < 1.29 is 13.2 Å². The Balaban J connectivity index is 1.99. The Kier molecular flexibility index (Phi) is 5.44. The van der Waals surface area contributed by atoms with Crippen molar-refractivity contribution in [3.8, 4) is 5.75 Å². The van der Waals surface area contributed by atoms with E-state index >= 15 is 0 Å². The predicted octanol–water partition coefficient (Wildman–Crippen LogP) is 0.413. The van der Waals surface area contributed by atoms with Crippen molar-refractivity contribution in [3.05, 3.63) is 24.3 Å². The van der Waals surface area contributed by atoms with Crippen molar-refractivity contribution in [1.29, 1.82) is 0 Å². The summed E-state index contributed by atoms with van der Waals surface area (Å²) in [6.45, 7) is 5.89. The number of ether oxygens (including phenoxy) is 1. The zero-order valence-electron chi connectivity index (χ0n) is 12.5. The van der Waals surface area contributed by atoms with E-state index in [1.54, 1.807) is 6.92 Å². The van der Waals surface area contributed by atoms with Gasteiger partial charge >= 0.3 is 0 Å². The molecule has 1 aliphatic heterocycles. The summed E-state index contributed by atoms with van der Waals surface area (Å²) in [5.41, 5.74) is 1.06. The quantitative estimate of drug-likeness (QED) is 0.796. The zero-order chi connectivity index (χ0) is 15.3. The van der Waals surface area contributed by atoms with Crippen LogP contribution in [0.4, 0.5) is 5.69 Å². The largest absolute Gasteiger partial charge is 0.490 e. The lowest BCUT2D eigenvalue weighted by atomic mass is 10.2. The molecule has 1 atom stereocenters. The van der Waals surface area contributed by atoms with Crippen molar-refractivity contribution in [2.75, 3.05) is 43.9 Å². The maximum Gasteiger partial charge on any atom is 0.209 e. The minimum absolute atomic E-state index is 0.268. The van der Waals surface area contributed by atoms with E-state index in [1.807, 2.05) is 24.3 Å². The van der Waals surface area contributed by atoms with Crippen LogP contribution in [0, 0.1) is 0 Å². The number of rotatable bonds is 6. The van der Waals surface area contributed by atoms with Gasteiger partial charge in [0.15, 0.2) is 0 Å². The molecular weight excluding hydrogens is 290 g/mol. The van der Waals surface area contributed by atoms with E-state index in [-0.39, 0.29) is 6.04 Å². The molecule has 0 radical (unpaired) electrons. The molecule has 0 unspecified atom stereocenters. The van der Waals surface area contributed by atoms with Crippen LogP contribution in [0.5, 0.6) is 5.75 Å². The fourth-order valence-corrected chi connectivity index (χ4v) is 3.16. The number of nitrogens with one attached hydrogen (secondary N) is 2. The summed E-state index contributed by atoms with van der Waals surface area (Å²) >= 11 is 0. The first-order valence-electron chi connectivity index (χ1n) is 7.10. The summed E-state index contributed by atoms with van der Waals surface area (Å²) in [5, 5.41) is 3.32. The number of para-hydroxylation sites is 2. The molecule has 2 rings (SSSR count). The van der Waals surface area contributed by atoms with E-state index in [0.717, 1.165) is 43.9 Å². The number of anilines is 1. The maximum atomic E-state index is 11.2. The van der Waals surface area contributed by atoms with E-state index in [4.69, 9.17) is 4.74 Å². The Morgan fingerprint density at radius 3 is 2.67 bits per heavy atom. The SMILES string of the molecule is C[C@H](COc1ccccc1N1CCNCC1)NS(C)(=O)=O. The van der Waals surface area contributed by atoms with E-state index in [1.165, 1.54) is 0 Å². The molecule has 1 saturated heterocycles. The second kappa shape index (κ2) is 7.11. The van der Waals surface area contributed by atoms with Crippen LogP contribution < -0.4 is 19.7 Å². The predicted molar refractivity (Wildman–Crippen MR) is 84.5 cm³/mol. The van der Waals surface area contributed by atoms with Gasteiger partial charge in [0, 0.05) is 26.2 Å². The first-order chi connectivity index (χ1) is 9.96. The van der Waals surface area contributed by atoms with Crippen LogP contribution in [0.25, 0.3) is 0 Å². The molecule has 0 amide bonds. The van der Waals surface area contributed by atoms with Crippen LogP contribution in [-0.2, 0) is 10.0 Å². The average molecular weight is 313 g/mol. The molecule has 7 heteroatoms. The van der Waals surface area contributed by atoms with Crippen LogP contribution in [0.2, 0.25) is 0 Å². The van der Waals surface area contributed by atoms with Crippen LogP contribution in [-0.4, -0.2) is 53.5 Å². The Morgan fingerprint density at radius 2 is 2.00 bits per heavy atom. The number of hydrogen-bond acceptors (Lipinski definition) is 5. The molecule has 1 fully saturated rings. The number of piperazine rings is 1. The van der Waals surface area contributed by atoms with Crippen LogP contribution in [0.15, 0.2) is 24.3 Å². The fourth-order valence-electron chi connectivity index (χ4n) is 2.36. The number of sulfonamides is 1. The zero-order valence-corrected chi connectivity index (χ0v) is 13.3. The lowest BCUT2D eigenvalue weighted by Crippen LogP contribution is -2.43. The van der Waals surface area contributed by atoms with Gasteiger partial charge in [0.2, 0.25) is 10.0 Å². The van der Waals surface area contributed by atoms with Crippen molar-refractivity contribution in [2.45, 2.75) is 13.0 Å². The lowest BCUT2D eigenvalue weighted by Gasteiger charge is -2.31. The highest BCUT2D eigenvalue weighted by Crippen LogP contribution is 2.28. The Morgan fingerprint density at radius 1 is 1.33 bits per heavy atom. The van der Waals surface area contributed by atoms with Gasteiger partial charge in [0.05, 0.1) is 18.0 Å². The summed E-state index contributed by atoms with van der Waals surface area (Å²) in [6.07, 6.45) is 1.15. The Hall–Kier alpha value is -1.31. The summed E-state index contributed by atoms with van der Waals surface area (Å²) in [4.78, 5) is 2.28. The number of benzene rings is 1. The van der Waals surface area contributed by atoms with E-state index < -0.39 is 10.0 Å². The van der Waals surface area contributed by atoms with Gasteiger partial charge in [-0.05, 0) is 19.1 Å². The van der Waals surface area contributed by atoms with Crippen molar-refractivity contribution >= 4 is 15.7 Å². The molecule has 21 heavy (non-hydrogen) atoms. The van der Waals surface area contributed by atoms with Crippen molar-refractivity contribution in [3.63, 3.8) is 0 Å². The van der Waals surface area contributed by atoms with Gasteiger partial charge in [-0.1, -0.05) is 12.1 Å². The molecule has 1 aromatic rings. The normalized spacial score (nSPS) is 17.5. The van der Waals surface area contributed by atoms with Gasteiger partial charge < -0.3 is 15.0 Å². The first-order valence-corrected chi connectivity index (χ1v) is 8.99. The molecule has 1 heterocycles. The molecule has 118 valence electrons. The summed E-state index contributed by atoms with van der Waals surface area (Å²) < 4.78 is 30.7. The highest BCUT2D eigenvalue weighted by Gasteiger charge is 2.16.